The molecule has 0 saturated carbocycles. The maximum absolute atomic E-state index is 15.0. The second-order valence-electron chi connectivity index (χ2n) is 26.5. The summed E-state index contributed by atoms with van der Waals surface area (Å²) < 4.78 is 5.85. The lowest BCUT2D eigenvalue weighted by Gasteiger charge is -2.32. The minimum atomic E-state index is -1.99. The van der Waals surface area contributed by atoms with Gasteiger partial charge in [-0.15, -0.1) is 0 Å². The summed E-state index contributed by atoms with van der Waals surface area (Å²) >= 11 is 0. The average Bonchev–Trinajstić information content (AvgIpc) is 1.67. The summed E-state index contributed by atoms with van der Waals surface area (Å²) in [6.07, 6.45) is 5.80. The highest BCUT2D eigenvalue weighted by atomic mass is 16.5. The van der Waals surface area contributed by atoms with Crippen LogP contribution in [0, 0.1) is 35.5 Å². The van der Waals surface area contributed by atoms with Gasteiger partial charge >= 0.3 is 11.9 Å². The summed E-state index contributed by atoms with van der Waals surface area (Å²) in [4.78, 5) is 168. The standard InChI is InChI=1S/C64H114N10O17/c1-15-17-18-19-20-21-22-23-24-25-42(77)32-50(78)65-44(28-35(3)4)56(82)66-43(26-27-51(79)80)55(81)74-54-41(14)91-64(90)52(39(11)12)72-61(87)49(34-76)71-58(84)46(30-37(7)8)67-57(83)45(29-36(5)6)68-60(86)48(33-75)70-59(85)47(31-38(9)10)69-62(88)53(40(13)16-2)73-63(54)89/h35-49,52-54,75-77H,15-34H2,1-14H3,(H,65,78)(H,66,82)(H,67,83)(H,68,86)(H,69,88)(H,70,85)(H,71,84)(H,72,87)(H,73,89)(H,74,81)(H,79,80)/t40-,41?,42-,43+,44-,45-,46-,47-,48?,49?,52-,53?,54?/m0/s1. The van der Waals surface area contributed by atoms with Crippen LogP contribution in [0.2, 0.25) is 0 Å². The zero-order valence-corrected chi connectivity index (χ0v) is 56.6. The zero-order chi connectivity index (χ0) is 69.2. The number of hydrogen-bond donors (Lipinski definition) is 14. The summed E-state index contributed by atoms with van der Waals surface area (Å²) in [5.41, 5.74) is 0. The molecule has 14 N–H and O–H groups in total. The van der Waals surface area contributed by atoms with Gasteiger partial charge in [0.05, 0.1) is 25.7 Å². The predicted octanol–water partition coefficient (Wildman–Crippen LogP) is 2.19. The number of aliphatic hydroxyl groups is 3. The third kappa shape index (κ3) is 32.1. The molecule has 0 radical (unpaired) electrons. The number of amides is 10. The van der Waals surface area contributed by atoms with Crippen LogP contribution >= 0.6 is 0 Å². The summed E-state index contributed by atoms with van der Waals surface area (Å²) in [7, 11) is 0. The van der Waals surface area contributed by atoms with Crippen molar-refractivity contribution >= 4 is 71.0 Å². The molecule has 1 rings (SSSR count). The Labute approximate surface area is 538 Å². The second kappa shape index (κ2) is 43.4. The van der Waals surface area contributed by atoms with Crippen molar-refractivity contribution in [3.63, 3.8) is 0 Å². The van der Waals surface area contributed by atoms with Crippen molar-refractivity contribution in [1.29, 1.82) is 0 Å². The first-order valence-corrected chi connectivity index (χ1v) is 33.0. The fourth-order valence-corrected chi connectivity index (χ4v) is 10.3. The molecule has 0 aromatic heterocycles. The molecule has 0 aromatic carbocycles. The highest BCUT2D eigenvalue weighted by molar-refractivity contribution is 5.99. The number of aliphatic hydroxyl groups excluding tert-OH is 3. The molecule has 1 heterocycles. The van der Waals surface area contributed by atoms with Crippen LogP contribution in [-0.4, -0.2) is 177 Å². The zero-order valence-electron chi connectivity index (χ0n) is 56.6. The number of carboxylic acid groups (broad SMARTS) is 1. The topological polar surface area (TPSA) is 415 Å². The molecule has 27 nitrogen and oxygen atoms in total. The average molecular weight is 1300 g/mol. The number of hydrogen-bond acceptors (Lipinski definition) is 16. The van der Waals surface area contributed by atoms with Crippen LogP contribution in [0.25, 0.3) is 0 Å². The fourth-order valence-electron chi connectivity index (χ4n) is 10.3. The summed E-state index contributed by atoms with van der Waals surface area (Å²) in [6.45, 7) is 21.8. The van der Waals surface area contributed by atoms with Crippen LogP contribution in [0.4, 0.5) is 0 Å². The molecule has 1 fully saturated rings. The Morgan fingerprint density at radius 2 is 0.934 bits per heavy atom. The normalized spacial score (nSPS) is 23.6. The number of nitrogens with one attached hydrogen (secondary N) is 10. The first-order valence-electron chi connectivity index (χ1n) is 33.0. The Hall–Kier alpha value is -6.48. The number of unbranched alkanes of at least 4 members (excludes halogenated alkanes) is 8. The van der Waals surface area contributed by atoms with Crippen LogP contribution in [-0.2, 0) is 62.3 Å². The van der Waals surface area contributed by atoms with Gasteiger partial charge in [-0.05, 0) is 81.0 Å². The van der Waals surface area contributed by atoms with Crippen LogP contribution in [0.1, 0.15) is 213 Å². The van der Waals surface area contributed by atoms with Gasteiger partial charge in [-0.3, -0.25) is 52.7 Å². The molecule has 1 saturated heterocycles. The van der Waals surface area contributed by atoms with Gasteiger partial charge in [0.2, 0.25) is 59.1 Å². The van der Waals surface area contributed by atoms with Gasteiger partial charge in [0.15, 0.2) is 0 Å². The van der Waals surface area contributed by atoms with Crippen LogP contribution in [0.3, 0.4) is 0 Å². The van der Waals surface area contributed by atoms with E-state index in [0.717, 1.165) is 32.1 Å². The van der Waals surface area contributed by atoms with E-state index in [9.17, 15) is 78.0 Å². The number of aliphatic carboxylic acids is 1. The van der Waals surface area contributed by atoms with Crippen molar-refractivity contribution in [2.24, 2.45) is 35.5 Å². The summed E-state index contributed by atoms with van der Waals surface area (Å²) in [5, 5.41) is 67.0. The maximum Gasteiger partial charge on any atom is 0.329 e. The third-order valence-corrected chi connectivity index (χ3v) is 15.7. The molecule has 0 aliphatic carbocycles. The van der Waals surface area contributed by atoms with Crippen molar-refractivity contribution in [3.05, 3.63) is 0 Å². The number of carbonyl (C=O) groups excluding carboxylic acids is 11. The van der Waals surface area contributed by atoms with E-state index < -0.39 is 182 Å². The van der Waals surface area contributed by atoms with Crippen molar-refractivity contribution in [1.82, 2.24) is 53.2 Å². The summed E-state index contributed by atoms with van der Waals surface area (Å²) in [5.74, 6) is -14.7. The second-order valence-corrected chi connectivity index (χ2v) is 26.5. The number of rotatable bonds is 33. The Bertz CT molecular complexity index is 2340. The molecule has 0 aromatic rings. The summed E-state index contributed by atoms with van der Waals surface area (Å²) in [6, 6.07) is -15.7. The van der Waals surface area contributed by atoms with Gasteiger partial charge < -0.3 is 78.3 Å². The smallest absolute Gasteiger partial charge is 0.329 e. The third-order valence-electron chi connectivity index (χ3n) is 15.7. The number of esters is 1. The van der Waals surface area contributed by atoms with Crippen LogP contribution in [0.15, 0.2) is 0 Å². The van der Waals surface area contributed by atoms with E-state index in [-0.39, 0.29) is 62.2 Å². The molecule has 1 aliphatic rings. The van der Waals surface area contributed by atoms with E-state index >= 15 is 0 Å². The van der Waals surface area contributed by atoms with E-state index in [0.29, 0.717) is 12.8 Å². The lowest BCUT2D eigenvalue weighted by atomic mass is 9.96. The quantitative estimate of drug-likeness (QED) is 0.0331. The highest BCUT2D eigenvalue weighted by Gasteiger charge is 2.41. The lowest BCUT2D eigenvalue weighted by molar-refractivity contribution is -0.157. The minimum absolute atomic E-state index is 0.00513. The van der Waals surface area contributed by atoms with Gasteiger partial charge in [0, 0.05) is 6.42 Å². The molecule has 13 atom stereocenters. The molecule has 10 amide bonds. The largest absolute Gasteiger partial charge is 0.481 e. The van der Waals surface area contributed by atoms with Crippen LogP contribution < -0.4 is 53.2 Å². The van der Waals surface area contributed by atoms with E-state index in [1.165, 1.54) is 40.0 Å². The maximum atomic E-state index is 15.0. The molecular formula is C64H114N10O17. The van der Waals surface area contributed by atoms with E-state index in [1.807, 2.05) is 0 Å². The monoisotopic (exact) mass is 1290 g/mol. The van der Waals surface area contributed by atoms with Gasteiger partial charge in [-0.2, -0.15) is 0 Å². The van der Waals surface area contributed by atoms with Gasteiger partial charge in [-0.1, -0.05) is 154 Å². The Morgan fingerprint density at radius 1 is 0.505 bits per heavy atom. The van der Waals surface area contributed by atoms with E-state index in [1.54, 1.807) is 69.2 Å². The number of ether oxygens (including phenoxy) is 1. The molecule has 91 heavy (non-hydrogen) atoms. The first-order chi connectivity index (χ1) is 42.7. The van der Waals surface area contributed by atoms with Gasteiger partial charge in [0.1, 0.15) is 66.5 Å². The SMILES string of the molecule is CCCCCCCCCCC[C@H](O)CC(=O)N[C@@H](CC(C)C)C(=O)N[C@H](CCC(=O)O)C(=O)NC1C(=O)NC([C@@H](C)CC)C(=O)N[C@@H](CC(C)C)C(=O)NC(CO)C(=O)N[C@@H](CC(C)C)C(=O)N[C@@H](CC(C)C)C(=O)NC(CO)C(=O)N[C@@H](C(C)C)C(=O)OC1C. The van der Waals surface area contributed by atoms with E-state index in [2.05, 4.69) is 60.1 Å². The van der Waals surface area contributed by atoms with Crippen LogP contribution in [0.5, 0.6) is 0 Å². The molecular weight excluding hydrogens is 1180 g/mol. The molecule has 0 spiro atoms. The number of cyclic esters (lactones) is 1. The van der Waals surface area contributed by atoms with Crippen molar-refractivity contribution in [3.8, 4) is 0 Å². The van der Waals surface area contributed by atoms with Crippen molar-refractivity contribution in [2.45, 2.75) is 285 Å². The minimum Gasteiger partial charge on any atom is -0.481 e. The fraction of sp³-hybridized carbons (Fsp3) is 0.812. The Balaban J connectivity index is 4.02. The van der Waals surface area contributed by atoms with E-state index in [4.69, 9.17) is 4.74 Å². The Morgan fingerprint density at radius 3 is 1.36 bits per heavy atom. The molecule has 5 unspecified atom stereocenters. The predicted molar refractivity (Wildman–Crippen MR) is 340 cm³/mol. The van der Waals surface area contributed by atoms with Crippen molar-refractivity contribution in [2.75, 3.05) is 13.2 Å². The Kier molecular flexibility index (Phi) is 39.3. The highest BCUT2D eigenvalue weighted by Crippen LogP contribution is 2.18. The lowest BCUT2D eigenvalue weighted by Crippen LogP contribution is -2.63. The van der Waals surface area contributed by atoms with Gasteiger partial charge in [0.25, 0.3) is 0 Å². The molecule has 0 bridgehead atoms. The number of carbonyl (C=O) groups is 12. The van der Waals surface area contributed by atoms with Crippen molar-refractivity contribution < 1.29 is 82.7 Å². The molecule has 27 heteroatoms. The molecule has 1 aliphatic heterocycles. The first kappa shape index (κ1) is 82.5. The van der Waals surface area contributed by atoms with Gasteiger partial charge in [-0.25, -0.2) is 4.79 Å². The molecule has 522 valence electrons. The number of carboxylic acids is 1.